The van der Waals surface area contributed by atoms with Crippen molar-refractivity contribution in [3.8, 4) is 5.75 Å². The van der Waals surface area contributed by atoms with Gasteiger partial charge in [0.25, 0.3) is 0 Å². The topological polar surface area (TPSA) is 65.0 Å². The summed E-state index contributed by atoms with van der Waals surface area (Å²) >= 11 is 0. The summed E-state index contributed by atoms with van der Waals surface area (Å²) in [5.74, 6) is 0.270. The van der Waals surface area contributed by atoms with Crippen molar-refractivity contribution in [1.29, 1.82) is 0 Å². The molecule has 0 aliphatic carbocycles. The number of ether oxygens (including phenoxy) is 3. The molecule has 0 heterocycles. The van der Waals surface area contributed by atoms with Gasteiger partial charge in [-0.3, -0.25) is 4.79 Å². The molecule has 1 aromatic carbocycles. The standard InChI is InChI=1S/C13H18O5/c1-9(14)13(15)11-4-6-12(7-5-11)18-8-17-10(2)16-3/h4-7,9-10,14H,8H2,1-3H3/t9-,10?/m0/s1. The van der Waals surface area contributed by atoms with Crippen molar-refractivity contribution in [3.05, 3.63) is 29.8 Å². The van der Waals surface area contributed by atoms with Gasteiger partial charge in [0.2, 0.25) is 0 Å². The lowest BCUT2D eigenvalue weighted by Gasteiger charge is -2.12. The molecule has 1 rings (SSSR count). The van der Waals surface area contributed by atoms with Crippen LogP contribution < -0.4 is 4.74 Å². The fourth-order valence-electron chi connectivity index (χ4n) is 1.22. The molecule has 2 atom stereocenters. The van der Waals surface area contributed by atoms with E-state index in [-0.39, 0.29) is 18.9 Å². The Labute approximate surface area is 106 Å². The Morgan fingerprint density at radius 3 is 2.39 bits per heavy atom. The highest BCUT2D eigenvalue weighted by Crippen LogP contribution is 2.13. The minimum atomic E-state index is -0.998. The maximum absolute atomic E-state index is 11.5. The molecule has 0 aromatic heterocycles. The van der Waals surface area contributed by atoms with Crippen LogP contribution in [0.25, 0.3) is 0 Å². The molecule has 1 aromatic rings. The van der Waals surface area contributed by atoms with Crippen molar-refractivity contribution in [2.75, 3.05) is 13.9 Å². The predicted octanol–water partition coefficient (Wildman–Crippen LogP) is 1.60. The van der Waals surface area contributed by atoms with Crippen molar-refractivity contribution in [3.63, 3.8) is 0 Å². The van der Waals surface area contributed by atoms with Crippen molar-refractivity contribution < 1.29 is 24.1 Å². The molecule has 100 valence electrons. The molecular formula is C13H18O5. The number of aliphatic hydroxyl groups excluding tert-OH is 1. The highest BCUT2D eigenvalue weighted by atomic mass is 16.7. The van der Waals surface area contributed by atoms with Gasteiger partial charge >= 0.3 is 0 Å². The lowest BCUT2D eigenvalue weighted by molar-refractivity contribution is -0.149. The van der Waals surface area contributed by atoms with E-state index in [1.54, 1.807) is 38.3 Å². The van der Waals surface area contributed by atoms with E-state index < -0.39 is 6.10 Å². The highest BCUT2D eigenvalue weighted by molar-refractivity contribution is 5.99. The number of benzene rings is 1. The number of methoxy groups -OCH3 is 1. The highest BCUT2D eigenvalue weighted by Gasteiger charge is 2.11. The van der Waals surface area contributed by atoms with Gasteiger partial charge in [0.15, 0.2) is 18.9 Å². The molecule has 1 unspecified atom stereocenters. The Morgan fingerprint density at radius 1 is 1.28 bits per heavy atom. The number of Topliss-reactive ketones (excluding diaryl/α,β-unsaturated/α-hetero) is 1. The van der Waals surface area contributed by atoms with Crippen LogP contribution in [0.1, 0.15) is 24.2 Å². The van der Waals surface area contributed by atoms with Crippen LogP contribution in [-0.2, 0) is 9.47 Å². The largest absolute Gasteiger partial charge is 0.467 e. The van der Waals surface area contributed by atoms with Gasteiger partial charge in [0.1, 0.15) is 11.9 Å². The first kappa shape index (κ1) is 14.6. The van der Waals surface area contributed by atoms with Crippen molar-refractivity contribution in [1.82, 2.24) is 0 Å². The zero-order valence-electron chi connectivity index (χ0n) is 10.8. The minimum absolute atomic E-state index is 0.0682. The third-order valence-corrected chi connectivity index (χ3v) is 2.38. The lowest BCUT2D eigenvalue weighted by atomic mass is 10.1. The molecule has 0 aliphatic rings. The fourth-order valence-corrected chi connectivity index (χ4v) is 1.22. The van der Waals surface area contributed by atoms with Crippen LogP contribution in [0, 0.1) is 0 Å². The van der Waals surface area contributed by atoms with Gasteiger partial charge in [-0.25, -0.2) is 0 Å². The van der Waals surface area contributed by atoms with E-state index in [4.69, 9.17) is 19.3 Å². The molecule has 0 radical (unpaired) electrons. The third kappa shape index (κ3) is 4.44. The zero-order valence-corrected chi connectivity index (χ0v) is 10.8. The normalized spacial score (nSPS) is 14.0. The van der Waals surface area contributed by atoms with Gasteiger partial charge in [0, 0.05) is 12.7 Å². The Hall–Kier alpha value is -1.43. The quantitative estimate of drug-likeness (QED) is 0.591. The molecular weight excluding hydrogens is 236 g/mol. The van der Waals surface area contributed by atoms with E-state index in [1.165, 1.54) is 6.92 Å². The lowest BCUT2D eigenvalue weighted by Crippen LogP contribution is -2.16. The Kier molecular flexibility index (Phi) is 5.77. The molecule has 0 spiro atoms. The summed E-state index contributed by atoms with van der Waals surface area (Å²) in [6, 6.07) is 6.50. The van der Waals surface area contributed by atoms with Gasteiger partial charge in [-0.05, 0) is 38.1 Å². The summed E-state index contributed by atoms with van der Waals surface area (Å²) < 4.78 is 15.3. The van der Waals surface area contributed by atoms with Gasteiger partial charge in [-0.1, -0.05) is 0 Å². The fraction of sp³-hybridized carbons (Fsp3) is 0.462. The Morgan fingerprint density at radius 2 is 1.89 bits per heavy atom. The third-order valence-electron chi connectivity index (χ3n) is 2.38. The maximum Gasteiger partial charge on any atom is 0.191 e. The summed E-state index contributed by atoms with van der Waals surface area (Å²) in [5.41, 5.74) is 0.448. The number of rotatable bonds is 7. The number of carbonyl (C=O) groups excluding carboxylic acids is 1. The van der Waals surface area contributed by atoms with E-state index in [0.29, 0.717) is 11.3 Å². The smallest absolute Gasteiger partial charge is 0.191 e. The summed E-state index contributed by atoms with van der Waals surface area (Å²) in [7, 11) is 1.54. The Balaban J connectivity index is 2.48. The molecule has 1 N–H and O–H groups in total. The second-order valence-corrected chi connectivity index (χ2v) is 3.80. The monoisotopic (exact) mass is 254 g/mol. The van der Waals surface area contributed by atoms with E-state index >= 15 is 0 Å². The van der Waals surface area contributed by atoms with E-state index in [0.717, 1.165) is 0 Å². The molecule has 5 heteroatoms. The van der Waals surface area contributed by atoms with Gasteiger partial charge < -0.3 is 19.3 Å². The number of aliphatic hydroxyl groups is 1. The number of hydrogen-bond donors (Lipinski definition) is 1. The molecule has 0 aliphatic heterocycles. The van der Waals surface area contributed by atoms with E-state index in [9.17, 15) is 4.79 Å². The van der Waals surface area contributed by atoms with Gasteiger partial charge in [0.05, 0.1) is 0 Å². The predicted molar refractivity (Wildman–Crippen MR) is 65.5 cm³/mol. The summed E-state index contributed by atoms with van der Waals surface area (Å²) in [6.07, 6.45) is -1.33. The molecule has 0 saturated carbocycles. The van der Waals surface area contributed by atoms with E-state index in [1.807, 2.05) is 0 Å². The summed E-state index contributed by atoms with van der Waals surface area (Å²) in [4.78, 5) is 11.5. The first-order valence-corrected chi connectivity index (χ1v) is 5.64. The van der Waals surface area contributed by atoms with Crippen LogP contribution >= 0.6 is 0 Å². The van der Waals surface area contributed by atoms with Gasteiger partial charge in [-0.15, -0.1) is 0 Å². The van der Waals surface area contributed by atoms with Crippen LogP contribution in [-0.4, -0.2) is 37.2 Å². The van der Waals surface area contributed by atoms with Crippen molar-refractivity contribution in [2.45, 2.75) is 26.2 Å². The molecule has 18 heavy (non-hydrogen) atoms. The van der Waals surface area contributed by atoms with Crippen LogP contribution in [0.3, 0.4) is 0 Å². The summed E-state index contributed by atoms with van der Waals surface area (Å²) in [5, 5.41) is 9.16. The van der Waals surface area contributed by atoms with Gasteiger partial charge in [-0.2, -0.15) is 0 Å². The average Bonchev–Trinajstić information content (AvgIpc) is 2.38. The maximum atomic E-state index is 11.5. The van der Waals surface area contributed by atoms with Crippen molar-refractivity contribution in [2.24, 2.45) is 0 Å². The second-order valence-electron chi connectivity index (χ2n) is 3.80. The average molecular weight is 254 g/mol. The first-order chi connectivity index (χ1) is 8.54. The Bertz CT molecular complexity index is 371. The van der Waals surface area contributed by atoms with Crippen LogP contribution in [0.5, 0.6) is 5.75 Å². The SMILES string of the molecule is COC(C)OCOc1ccc(C(=O)[C@H](C)O)cc1. The molecule has 0 bridgehead atoms. The first-order valence-electron chi connectivity index (χ1n) is 5.64. The zero-order chi connectivity index (χ0) is 13.5. The summed E-state index contributed by atoms with van der Waals surface area (Å²) in [6.45, 7) is 3.26. The van der Waals surface area contributed by atoms with E-state index in [2.05, 4.69) is 0 Å². The number of hydrogen-bond acceptors (Lipinski definition) is 5. The van der Waals surface area contributed by atoms with Crippen LogP contribution in [0.2, 0.25) is 0 Å². The molecule has 5 nitrogen and oxygen atoms in total. The minimum Gasteiger partial charge on any atom is -0.467 e. The molecule has 0 fully saturated rings. The van der Waals surface area contributed by atoms with Crippen LogP contribution in [0.15, 0.2) is 24.3 Å². The number of ketones is 1. The molecule has 0 amide bonds. The second kappa shape index (κ2) is 7.10. The van der Waals surface area contributed by atoms with Crippen LogP contribution in [0.4, 0.5) is 0 Å². The van der Waals surface area contributed by atoms with Crippen molar-refractivity contribution >= 4 is 5.78 Å². The number of carbonyl (C=O) groups is 1. The molecule has 0 saturated heterocycles.